The minimum absolute atomic E-state index is 0.0650. The molecule has 0 bridgehead atoms. The SMILES string of the molecule is COc1cc([N+](=O)[O-])ccc1S(=O)(=O)NCc1cccc(CN2CCC(C)CC2)c1. The summed E-state index contributed by atoms with van der Waals surface area (Å²) in [7, 11) is -2.62. The maximum absolute atomic E-state index is 12.7. The Morgan fingerprint density at radius 2 is 1.87 bits per heavy atom. The first kappa shape index (κ1) is 22.2. The summed E-state index contributed by atoms with van der Waals surface area (Å²) in [5.74, 6) is 0.711. The van der Waals surface area contributed by atoms with Crippen LogP contribution in [0.3, 0.4) is 0 Å². The van der Waals surface area contributed by atoms with E-state index in [2.05, 4.69) is 22.6 Å². The van der Waals surface area contributed by atoms with Crippen LogP contribution in [-0.4, -0.2) is 38.4 Å². The molecular formula is C21H27N3O5S. The average molecular weight is 434 g/mol. The zero-order chi connectivity index (χ0) is 21.7. The van der Waals surface area contributed by atoms with Crippen molar-refractivity contribution >= 4 is 15.7 Å². The summed E-state index contributed by atoms with van der Waals surface area (Å²) >= 11 is 0. The highest BCUT2D eigenvalue weighted by molar-refractivity contribution is 7.89. The van der Waals surface area contributed by atoms with Crippen LogP contribution < -0.4 is 9.46 Å². The number of hydrogen-bond donors (Lipinski definition) is 1. The van der Waals surface area contributed by atoms with Gasteiger partial charge in [0, 0.05) is 19.2 Å². The van der Waals surface area contributed by atoms with Crippen LogP contribution in [0.25, 0.3) is 0 Å². The summed E-state index contributed by atoms with van der Waals surface area (Å²) in [5, 5.41) is 10.9. The lowest BCUT2D eigenvalue weighted by molar-refractivity contribution is -0.385. The van der Waals surface area contributed by atoms with Gasteiger partial charge in [0.15, 0.2) is 0 Å². The lowest BCUT2D eigenvalue weighted by Gasteiger charge is -2.30. The lowest BCUT2D eigenvalue weighted by Crippen LogP contribution is -2.32. The van der Waals surface area contributed by atoms with Crippen LogP contribution in [0, 0.1) is 16.0 Å². The Balaban J connectivity index is 1.68. The van der Waals surface area contributed by atoms with Gasteiger partial charge in [-0.25, -0.2) is 13.1 Å². The molecule has 0 unspecified atom stereocenters. The molecule has 0 aromatic heterocycles. The molecule has 1 aliphatic rings. The largest absolute Gasteiger partial charge is 0.495 e. The van der Waals surface area contributed by atoms with Gasteiger partial charge in [-0.3, -0.25) is 15.0 Å². The van der Waals surface area contributed by atoms with Crippen LogP contribution in [0.4, 0.5) is 5.69 Å². The number of benzene rings is 2. The van der Waals surface area contributed by atoms with E-state index in [-0.39, 0.29) is 22.9 Å². The number of piperidine rings is 1. The number of nitrogens with zero attached hydrogens (tertiary/aromatic N) is 2. The average Bonchev–Trinajstić information content (AvgIpc) is 2.74. The maximum Gasteiger partial charge on any atom is 0.273 e. The first-order valence-electron chi connectivity index (χ1n) is 9.91. The second-order valence-corrected chi connectivity index (χ2v) is 9.43. The molecular weight excluding hydrogens is 406 g/mol. The molecule has 8 nitrogen and oxygen atoms in total. The Bertz CT molecular complexity index is 1000. The molecule has 2 aromatic rings. The smallest absolute Gasteiger partial charge is 0.273 e. The zero-order valence-corrected chi connectivity index (χ0v) is 18.0. The standard InChI is InChI=1S/C21H27N3O5S/c1-16-8-10-23(11-9-16)15-18-5-3-4-17(12-18)14-22-30(27,28)21-7-6-19(24(25)26)13-20(21)29-2/h3-7,12-13,16,22H,8-11,14-15H2,1-2H3. The summed E-state index contributed by atoms with van der Waals surface area (Å²) in [5.41, 5.74) is 1.77. The number of ether oxygens (including phenoxy) is 1. The number of sulfonamides is 1. The molecule has 1 heterocycles. The highest BCUT2D eigenvalue weighted by Crippen LogP contribution is 2.28. The Labute approximate surface area is 177 Å². The first-order chi connectivity index (χ1) is 14.3. The Kier molecular flexibility index (Phi) is 7.06. The van der Waals surface area contributed by atoms with Crippen molar-refractivity contribution in [2.24, 2.45) is 5.92 Å². The number of rotatable bonds is 8. The van der Waals surface area contributed by atoms with Crippen molar-refractivity contribution in [2.45, 2.75) is 37.8 Å². The van der Waals surface area contributed by atoms with E-state index >= 15 is 0 Å². The molecule has 9 heteroatoms. The maximum atomic E-state index is 12.7. The quantitative estimate of drug-likeness (QED) is 0.506. The van der Waals surface area contributed by atoms with Crippen LogP contribution in [-0.2, 0) is 23.1 Å². The summed E-state index contributed by atoms with van der Waals surface area (Å²) in [6.45, 7) is 5.41. The fraction of sp³-hybridized carbons (Fsp3) is 0.429. The van der Waals surface area contributed by atoms with E-state index < -0.39 is 14.9 Å². The number of nitro benzene ring substituents is 1. The van der Waals surface area contributed by atoms with Crippen LogP contribution in [0.1, 0.15) is 30.9 Å². The van der Waals surface area contributed by atoms with Gasteiger partial charge < -0.3 is 4.74 Å². The molecule has 3 rings (SSSR count). The van der Waals surface area contributed by atoms with Gasteiger partial charge in [0.25, 0.3) is 5.69 Å². The van der Waals surface area contributed by atoms with Crippen molar-refractivity contribution in [2.75, 3.05) is 20.2 Å². The van der Waals surface area contributed by atoms with E-state index in [1.807, 2.05) is 18.2 Å². The molecule has 1 fully saturated rings. The number of methoxy groups -OCH3 is 1. The minimum atomic E-state index is -3.90. The second kappa shape index (κ2) is 9.55. The topological polar surface area (TPSA) is 102 Å². The molecule has 0 spiro atoms. The minimum Gasteiger partial charge on any atom is -0.495 e. The van der Waals surface area contributed by atoms with Crippen molar-refractivity contribution in [1.82, 2.24) is 9.62 Å². The van der Waals surface area contributed by atoms with E-state index in [4.69, 9.17) is 4.74 Å². The van der Waals surface area contributed by atoms with E-state index in [1.165, 1.54) is 26.0 Å². The normalized spacial score (nSPS) is 15.8. The van der Waals surface area contributed by atoms with Crippen molar-refractivity contribution in [3.8, 4) is 5.75 Å². The molecule has 30 heavy (non-hydrogen) atoms. The second-order valence-electron chi connectivity index (χ2n) is 7.70. The van der Waals surface area contributed by atoms with Crippen LogP contribution in [0.15, 0.2) is 47.4 Å². The van der Waals surface area contributed by atoms with Crippen LogP contribution in [0.5, 0.6) is 5.75 Å². The number of hydrogen-bond acceptors (Lipinski definition) is 6. The molecule has 1 saturated heterocycles. The zero-order valence-electron chi connectivity index (χ0n) is 17.2. The third-order valence-electron chi connectivity index (χ3n) is 5.39. The number of nitrogens with one attached hydrogen (secondary N) is 1. The Morgan fingerprint density at radius 3 is 2.53 bits per heavy atom. The van der Waals surface area contributed by atoms with Gasteiger partial charge in [-0.05, 0) is 49.0 Å². The first-order valence-corrected chi connectivity index (χ1v) is 11.4. The van der Waals surface area contributed by atoms with Gasteiger partial charge >= 0.3 is 0 Å². The number of non-ortho nitro benzene ring substituents is 1. The predicted octanol–water partition coefficient (Wildman–Crippen LogP) is 3.31. The lowest BCUT2D eigenvalue weighted by atomic mass is 9.98. The molecule has 2 aromatic carbocycles. The summed E-state index contributed by atoms with van der Waals surface area (Å²) < 4.78 is 33.1. The van der Waals surface area contributed by atoms with Crippen molar-refractivity contribution < 1.29 is 18.1 Å². The Hall–Kier alpha value is -2.49. The van der Waals surface area contributed by atoms with Crippen molar-refractivity contribution in [3.05, 3.63) is 63.7 Å². The fourth-order valence-corrected chi connectivity index (χ4v) is 4.73. The molecule has 1 aliphatic heterocycles. The summed E-state index contributed by atoms with van der Waals surface area (Å²) in [6, 6.07) is 11.3. The van der Waals surface area contributed by atoms with E-state index in [1.54, 1.807) is 0 Å². The Morgan fingerprint density at radius 1 is 1.17 bits per heavy atom. The van der Waals surface area contributed by atoms with Gasteiger partial charge in [-0.15, -0.1) is 0 Å². The molecule has 162 valence electrons. The van der Waals surface area contributed by atoms with Crippen LogP contribution >= 0.6 is 0 Å². The molecule has 0 saturated carbocycles. The summed E-state index contributed by atoms with van der Waals surface area (Å²) in [4.78, 5) is 12.6. The van der Waals surface area contributed by atoms with Gasteiger partial charge in [-0.2, -0.15) is 0 Å². The molecule has 0 atom stereocenters. The van der Waals surface area contributed by atoms with Crippen LogP contribution in [0.2, 0.25) is 0 Å². The van der Waals surface area contributed by atoms with Gasteiger partial charge in [0.05, 0.1) is 18.1 Å². The van der Waals surface area contributed by atoms with E-state index in [0.717, 1.165) is 48.8 Å². The predicted molar refractivity (Wildman–Crippen MR) is 114 cm³/mol. The summed E-state index contributed by atoms with van der Waals surface area (Å²) in [6.07, 6.45) is 2.41. The van der Waals surface area contributed by atoms with Crippen molar-refractivity contribution in [3.63, 3.8) is 0 Å². The third-order valence-corrected chi connectivity index (χ3v) is 6.83. The third kappa shape index (κ3) is 5.56. The molecule has 0 radical (unpaired) electrons. The van der Waals surface area contributed by atoms with E-state index in [9.17, 15) is 18.5 Å². The number of likely N-dealkylation sites (tertiary alicyclic amines) is 1. The van der Waals surface area contributed by atoms with Crippen molar-refractivity contribution in [1.29, 1.82) is 0 Å². The highest BCUT2D eigenvalue weighted by atomic mass is 32.2. The molecule has 0 amide bonds. The fourth-order valence-electron chi connectivity index (χ4n) is 3.56. The van der Waals surface area contributed by atoms with Gasteiger partial charge in [0.2, 0.25) is 10.0 Å². The number of nitro groups is 1. The highest BCUT2D eigenvalue weighted by Gasteiger charge is 2.22. The monoisotopic (exact) mass is 433 g/mol. The molecule has 0 aliphatic carbocycles. The molecule has 1 N–H and O–H groups in total. The van der Waals surface area contributed by atoms with Gasteiger partial charge in [-0.1, -0.05) is 31.2 Å². The van der Waals surface area contributed by atoms with E-state index in [0.29, 0.717) is 0 Å². The van der Waals surface area contributed by atoms with Gasteiger partial charge in [0.1, 0.15) is 10.6 Å².